The SMILES string of the molecule is FC1(F)CCCCC1NC1CCC1. The summed E-state index contributed by atoms with van der Waals surface area (Å²) in [6.07, 6.45) is 5.77. The highest BCUT2D eigenvalue weighted by molar-refractivity contribution is 4.91. The highest BCUT2D eigenvalue weighted by Gasteiger charge is 2.42. The van der Waals surface area contributed by atoms with Crippen LogP contribution in [0.15, 0.2) is 0 Å². The summed E-state index contributed by atoms with van der Waals surface area (Å²) >= 11 is 0. The quantitative estimate of drug-likeness (QED) is 0.704. The van der Waals surface area contributed by atoms with E-state index in [0.717, 1.165) is 19.3 Å². The van der Waals surface area contributed by atoms with Crippen LogP contribution < -0.4 is 5.32 Å². The van der Waals surface area contributed by atoms with Gasteiger partial charge in [-0.05, 0) is 25.7 Å². The molecule has 0 aromatic heterocycles. The molecule has 0 aromatic carbocycles. The van der Waals surface area contributed by atoms with Gasteiger partial charge in [0.15, 0.2) is 0 Å². The molecule has 2 fully saturated rings. The number of halogens is 2. The third-order valence-electron chi connectivity index (χ3n) is 3.30. The number of nitrogens with one attached hydrogen (secondary N) is 1. The standard InChI is InChI=1S/C10H17F2N/c11-10(12)7-2-1-6-9(10)13-8-4-3-5-8/h8-9,13H,1-7H2. The smallest absolute Gasteiger partial charge is 0.263 e. The Balaban J connectivity index is 1.87. The third-order valence-corrected chi connectivity index (χ3v) is 3.30. The minimum Gasteiger partial charge on any atom is -0.306 e. The fourth-order valence-corrected chi connectivity index (χ4v) is 2.16. The minimum absolute atomic E-state index is 0.0807. The van der Waals surface area contributed by atoms with Gasteiger partial charge in [-0.2, -0.15) is 0 Å². The fraction of sp³-hybridized carbons (Fsp3) is 1.00. The Hall–Kier alpha value is -0.180. The van der Waals surface area contributed by atoms with Crippen molar-refractivity contribution in [1.29, 1.82) is 0 Å². The molecule has 1 unspecified atom stereocenters. The molecule has 1 N–H and O–H groups in total. The van der Waals surface area contributed by atoms with Gasteiger partial charge in [0.1, 0.15) is 0 Å². The Kier molecular flexibility index (Phi) is 2.54. The van der Waals surface area contributed by atoms with Gasteiger partial charge in [0.2, 0.25) is 0 Å². The Bertz CT molecular complexity index is 178. The van der Waals surface area contributed by atoms with Gasteiger partial charge in [-0.25, -0.2) is 8.78 Å². The molecule has 1 atom stereocenters. The van der Waals surface area contributed by atoms with E-state index in [2.05, 4.69) is 5.32 Å². The third kappa shape index (κ3) is 2.01. The van der Waals surface area contributed by atoms with Crippen molar-refractivity contribution in [3.05, 3.63) is 0 Å². The van der Waals surface area contributed by atoms with E-state index in [-0.39, 0.29) is 6.42 Å². The van der Waals surface area contributed by atoms with Crippen molar-refractivity contribution in [2.75, 3.05) is 0 Å². The van der Waals surface area contributed by atoms with Crippen LogP contribution >= 0.6 is 0 Å². The largest absolute Gasteiger partial charge is 0.306 e. The molecule has 2 aliphatic rings. The molecule has 0 aliphatic heterocycles. The van der Waals surface area contributed by atoms with Crippen LogP contribution in [0, 0.1) is 0 Å². The lowest BCUT2D eigenvalue weighted by Crippen LogP contribution is -2.52. The van der Waals surface area contributed by atoms with E-state index >= 15 is 0 Å². The molecule has 0 saturated heterocycles. The maximum Gasteiger partial charge on any atom is 0.263 e. The van der Waals surface area contributed by atoms with Crippen LogP contribution in [-0.4, -0.2) is 18.0 Å². The summed E-state index contributed by atoms with van der Waals surface area (Å²) in [5.74, 6) is -2.45. The summed E-state index contributed by atoms with van der Waals surface area (Å²) in [6, 6.07) is -0.152. The van der Waals surface area contributed by atoms with E-state index < -0.39 is 12.0 Å². The van der Waals surface area contributed by atoms with Crippen LogP contribution in [0.25, 0.3) is 0 Å². The van der Waals surface area contributed by atoms with Gasteiger partial charge in [-0.3, -0.25) is 0 Å². The zero-order chi connectivity index (χ0) is 9.31. The van der Waals surface area contributed by atoms with Crippen molar-refractivity contribution in [2.45, 2.75) is 63.0 Å². The summed E-state index contributed by atoms with van der Waals surface area (Å²) in [5, 5.41) is 3.10. The van der Waals surface area contributed by atoms with Gasteiger partial charge in [-0.1, -0.05) is 12.8 Å². The van der Waals surface area contributed by atoms with Crippen molar-refractivity contribution in [1.82, 2.24) is 5.32 Å². The van der Waals surface area contributed by atoms with Gasteiger partial charge in [0.05, 0.1) is 6.04 Å². The van der Waals surface area contributed by atoms with E-state index in [1.54, 1.807) is 0 Å². The fourth-order valence-electron chi connectivity index (χ4n) is 2.16. The summed E-state index contributed by atoms with van der Waals surface area (Å²) in [6.45, 7) is 0. The van der Waals surface area contributed by atoms with Crippen molar-refractivity contribution in [2.24, 2.45) is 0 Å². The molecule has 0 heterocycles. The predicted octanol–water partition coefficient (Wildman–Crippen LogP) is 2.71. The minimum atomic E-state index is -2.45. The van der Waals surface area contributed by atoms with Gasteiger partial charge in [-0.15, -0.1) is 0 Å². The number of hydrogen-bond acceptors (Lipinski definition) is 1. The molecule has 1 nitrogen and oxygen atoms in total. The first-order valence-electron chi connectivity index (χ1n) is 5.32. The lowest BCUT2D eigenvalue weighted by molar-refractivity contribution is -0.0692. The molecule has 0 amide bonds. The van der Waals surface area contributed by atoms with Crippen LogP contribution in [0.2, 0.25) is 0 Å². The van der Waals surface area contributed by atoms with E-state index in [4.69, 9.17) is 0 Å². The highest BCUT2D eigenvalue weighted by Crippen LogP contribution is 2.34. The monoisotopic (exact) mass is 189 g/mol. The first-order chi connectivity index (χ1) is 6.18. The van der Waals surface area contributed by atoms with Crippen LogP contribution in [0.1, 0.15) is 44.9 Å². The van der Waals surface area contributed by atoms with Crippen LogP contribution in [0.5, 0.6) is 0 Å². The van der Waals surface area contributed by atoms with Crippen molar-refractivity contribution < 1.29 is 8.78 Å². The maximum atomic E-state index is 13.3. The Morgan fingerprint density at radius 3 is 2.31 bits per heavy atom. The highest BCUT2D eigenvalue weighted by atomic mass is 19.3. The maximum absolute atomic E-state index is 13.3. The second-order valence-electron chi connectivity index (χ2n) is 4.35. The van der Waals surface area contributed by atoms with Crippen LogP contribution in [0.3, 0.4) is 0 Å². The molecule has 0 aromatic rings. The molecule has 2 saturated carbocycles. The molecule has 2 rings (SSSR count). The topological polar surface area (TPSA) is 12.0 Å². The molecule has 76 valence electrons. The molecular weight excluding hydrogens is 172 g/mol. The molecule has 0 radical (unpaired) electrons. The summed E-state index contributed by atoms with van der Waals surface area (Å²) in [5.41, 5.74) is 0. The second kappa shape index (κ2) is 3.52. The first kappa shape index (κ1) is 9.38. The molecule has 0 bridgehead atoms. The lowest BCUT2D eigenvalue weighted by Gasteiger charge is -2.37. The van der Waals surface area contributed by atoms with Gasteiger partial charge in [0.25, 0.3) is 5.92 Å². The zero-order valence-electron chi connectivity index (χ0n) is 7.86. The van der Waals surface area contributed by atoms with Crippen LogP contribution in [-0.2, 0) is 0 Å². The molecule has 2 aliphatic carbocycles. The van der Waals surface area contributed by atoms with E-state index in [1.807, 2.05) is 0 Å². The van der Waals surface area contributed by atoms with Crippen molar-refractivity contribution >= 4 is 0 Å². The molecule has 3 heteroatoms. The zero-order valence-corrected chi connectivity index (χ0v) is 7.86. The van der Waals surface area contributed by atoms with Crippen LogP contribution in [0.4, 0.5) is 8.78 Å². The number of alkyl halides is 2. The predicted molar refractivity (Wildman–Crippen MR) is 48.0 cm³/mol. The summed E-state index contributed by atoms with van der Waals surface area (Å²) in [7, 11) is 0. The molecule has 0 spiro atoms. The second-order valence-corrected chi connectivity index (χ2v) is 4.35. The lowest BCUT2D eigenvalue weighted by atomic mass is 9.87. The average Bonchev–Trinajstić information content (AvgIpc) is 1.98. The van der Waals surface area contributed by atoms with E-state index in [0.29, 0.717) is 18.9 Å². The number of hydrogen-bond donors (Lipinski definition) is 1. The Labute approximate surface area is 77.9 Å². The number of rotatable bonds is 2. The van der Waals surface area contributed by atoms with Crippen molar-refractivity contribution in [3.8, 4) is 0 Å². The van der Waals surface area contributed by atoms with E-state index in [9.17, 15) is 8.78 Å². The van der Waals surface area contributed by atoms with Gasteiger partial charge in [0, 0.05) is 12.5 Å². The first-order valence-corrected chi connectivity index (χ1v) is 5.32. The average molecular weight is 189 g/mol. The van der Waals surface area contributed by atoms with Gasteiger partial charge >= 0.3 is 0 Å². The van der Waals surface area contributed by atoms with E-state index in [1.165, 1.54) is 6.42 Å². The van der Waals surface area contributed by atoms with Gasteiger partial charge < -0.3 is 5.32 Å². The Morgan fingerprint density at radius 2 is 1.77 bits per heavy atom. The summed E-state index contributed by atoms with van der Waals surface area (Å²) < 4.78 is 26.7. The summed E-state index contributed by atoms with van der Waals surface area (Å²) in [4.78, 5) is 0. The molecular formula is C10H17F2N. The normalized spacial score (nSPS) is 34.2. The van der Waals surface area contributed by atoms with Crippen molar-refractivity contribution in [3.63, 3.8) is 0 Å². The Morgan fingerprint density at radius 1 is 1.00 bits per heavy atom. The molecule has 13 heavy (non-hydrogen) atoms.